The molecule has 7 rings (SSSR count). The minimum Gasteiger partial charge on any atom is -0.318 e. The largest absolute Gasteiger partial charge is 0.318 e. The first kappa shape index (κ1) is 23.8. The van der Waals surface area contributed by atoms with Crippen molar-refractivity contribution in [3.63, 3.8) is 0 Å². The molecule has 0 spiro atoms. The Morgan fingerprint density at radius 1 is 0.949 bits per heavy atom. The summed E-state index contributed by atoms with van der Waals surface area (Å²) < 4.78 is 18.2. The van der Waals surface area contributed by atoms with E-state index in [1.807, 2.05) is 42.7 Å². The lowest BCUT2D eigenvalue weighted by molar-refractivity contribution is 0.585. The second kappa shape index (κ2) is 9.17. The average molecular weight is 532 g/mol. The maximum Gasteiger partial charge on any atom is 0.271 e. The molecule has 4 nitrogen and oxygen atoms in total. The summed E-state index contributed by atoms with van der Waals surface area (Å²) in [7, 11) is 0. The standard InChI is InChI=1S/C33H26FN3OS/c1-20-18-24(21(2)36(20)26-15-13-25(34)14-16-26)19-29-32(38)37-31(23-9-4-3-5-10-23)28-17-12-22-8-6-7-11-27(22)30(28)35-33(37)39-29/h3-11,13-16,18-19,31H,12,17H2,1-2H3/b29-19+/t31-/m1/s1. The summed E-state index contributed by atoms with van der Waals surface area (Å²) in [6.07, 6.45) is 3.79. The highest BCUT2D eigenvalue weighted by Crippen LogP contribution is 2.41. The molecule has 0 amide bonds. The molecule has 0 saturated carbocycles. The number of aromatic nitrogens is 2. The Balaban J connectivity index is 1.43. The number of rotatable bonds is 3. The van der Waals surface area contributed by atoms with Crippen LogP contribution in [-0.4, -0.2) is 9.13 Å². The lowest BCUT2D eigenvalue weighted by atomic mass is 9.83. The number of aryl methyl sites for hydroxylation is 2. The normalized spacial score (nSPS) is 16.5. The lowest BCUT2D eigenvalue weighted by Crippen LogP contribution is -2.38. The fourth-order valence-electron chi connectivity index (χ4n) is 6.02. The van der Waals surface area contributed by atoms with E-state index in [4.69, 9.17) is 4.99 Å². The highest BCUT2D eigenvalue weighted by Gasteiger charge is 2.32. The first-order valence-electron chi connectivity index (χ1n) is 13.1. The summed E-state index contributed by atoms with van der Waals surface area (Å²) in [5.74, 6) is -0.263. The number of thiazole rings is 1. The molecule has 2 aromatic heterocycles. The van der Waals surface area contributed by atoms with E-state index in [0.29, 0.717) is 4.53 Å². The van der Waals surface area contributed by atoms with E-state index in [1.165, 1.54) is 40.2 Å². The van der Waals surface area contributed by atoms with Crippen LogP contribution >= 0.6 is 11.3 Å². The van der Waals surface area contributed by atoms with Gasteiger partial charge in [0.1, 0.15) is 5.82 Å². The maximum atomic E-state index is 14.0. The van der Waals surface area contributed by atoms with Crippen molar-refractivity contribution in [1.29, 1.82) is 0 Å². The Hall–Kier alpha value is -4.29. The van der Waals surface area contributed by atoms with Crippen LogP contribution in [0.25, 0.3) is 17.5 Å². The van der Waals surface area contributed by atoms with E-state index in [2.05, 4.69) is 47.0 Å². The van der Waals surface area contributed by atoms with Gasteiger partial charge in [0.05, 0.1) is 16.3 Å². The smallest absolute Gasteiger partial charge is 0.271 e. The Labute approximate surface area is 229 Å². The van der Waals surface area contributed by atoms with Crippen molar-refractivity contribution in [3.05, 3.63) is 150 Å². The fourth-order valence-corrected chi connectivity index (χ4v) is 7.01. The molecular weight excluding hydrogens is 505 g/mol. The van der Waals surface area contributed by atoms with Crippen LogP contribution in [0.4, 0.5) is 4.39 Å². The molecule has 3 heterocycles. The van der Waals surface area contributed by atoms with Crippen LogP contribution in [0.2, 0.25) is 0 Å². The number of hydrogen-bond donors (Lipinski definition) is 0. The third-order valence-corrected chi connectivity index (χ3v) is 8.81. The first-order valence-corrected chi connectivity index (χ1v) is 13.9. The molecule has 1 aliphatic carbocycles. The average Bonchev–Trinajstić information content (AvgIpc) is 3.42. The van der Waals surface area contributed by atoms with E-state index >= 15 is 0 Å². The topological polar surface area (TPSA) is 39.3 Å². The zero-order valence-electron chi connectivity index (χ0n) is 21.7. The van der Waals surface area contributed by atoms with Gasteiger partial charge < -0.3 is 4.57 Å². The Bertz CT molecular complexity index is 1960. The van der Waals surface area contributed by atoms with E-state index < -0.39 is 0 Å². The third kappa shape index (κ3) is 3.86. The third-order valence-electron chi connectivity index (χ3n) is 7.83. The quantitative estimate of drug-likeness (QED) is 0.287. The second-order valence-corrected chi connectivity index (χ2v) is 11.2. The van der Waals surface area contributed by atoms with Gasteiger partial charge in [-0.05, 0) is 85.4 Å². The Morgan fingerprint density at radius 3 is 2.49 bits per heavy atom. The van der Waals surface area contributed by atoms with Crippen molar-refractivity contribution < 1.29 is 4.39 Å². The number of halogens is 1. The summed E-state index contributed by atoms with van der Waals surface area (Å²) >= 11 is 1.44. The Kier molecular flexibility index (Phi) is 5.60. The molecule has 1 atom stereocenters. The van der Waals surface area contributed by atoms with Crippen molar-refractivity contribution in [2.45, 2.75) is 32.7 Å². The molecule has 0 N–H and O–H groups in total. The van der Waals surface area contributed by atoms with Gasteiger partial charge in [-0.15, -0.1) is 0 Å². The van der Waals surface area contributed by atoms with Crippen LogP contribution in [0.3, 0.4) is 0 Å². The molecule has 0 unspecified atom stereocenters. The lowest BCUT2D eigenvalue weighted by Gasteiger charge is -2.30. The highest BCUT2D eigenvalue weighted by atomic mass is 32.1. The zero-order chi connectivity index (χ0) is 26.7. The van der Waals surface area contributed by atoms with Gasteiger partial charge in [-0.2, -0.15) is 0 Å². The molecular formula is C33H26FN3OS. The van der Waals surface area contributed by atoms with Gasteiger partial charge in [-0.1, -0.05) is 65.9 Å². The van der Waals surface area contributed by atoms with E-state index in [-0.39, 0.29) is 17.4 Å². The predicted molar refractivity (Wildman–Crippen MR) is 154 cm³/mol. The number of nitrogens with zero attached hydrogens (tertiary/aromatic N) is 3. The van der Waals surface area contributed by atoms with Crippen LogP contribution in [0.1, 0.15) is 46.1 Å². The molecule has 1 aliphatic heterocycles. The summed E-state index contributed by atoms with van der Waals surface area (Å²) in [5.41, 5.74) is 9.63. The van der Waals surface area contributed by atoms with Crippen LogP contribution in [0.15, 0.2) is 100 Å². The molecule has 3 aromatic carbocycles. The number of benzene rings is 3. The highest BCUT2D eigenvalue weighted by molar-refractivity contribution is 7.07. The van der Waals surface area contributed by atoms with E-state index in [0.717, 1.165) is 51.5 Å². The van der Waals surface area contributed by atoms with Crippen LogP contribution < -0.4 is 14.9 Å². The maximum absolute atomic E-state index is 14.0. The molecule has 39 heavy (non-hydrogen) atoms. The predicted octanol–water partition coefficient (Wildman–Crippen LogP) is 5.87. The van der Waals surface area contributed by atoms with Gasteiger partial charge in [-0.3, -0.25) is 9.36 Å². The molecule has 192 valence electrons. The summed E-state index contributed by atoms with van der Waals surface area (Å²) in [5, 5.41) is 0. The van der Waals surface area contributed by atoms with Gasteiger partial charge in [0.2, 0.25) is 0 Å². The van der Waals surface area contributed by atoms with Crippen molar-refractivity contribution >= 4 is 23.1 Å². The molecule has 0 radical (unpaired) electrons. The van der Waals surface area contributed by atoms with Gasteiger partial charge in [0, 0.05) is 22.6 Å². The fraction of sp³-hybridized carbons (Fsp3) is 0.152. The summed E-state index contributed by atoms with van der Waals surface area (Å²) in [6, 6.07) is 27.1. The summed E-state index contributed by atoms with van der Waals surface area (Å²) in [6.45, 7) is 4.05. The van der Waals surface area contributed by atoms with Gasteiger partial charge >= 0.3 is 0 Å². The molecule has 0 fully saturated rings. The second-order valence-electron chi connectivity index (χ2n) is 10.2. The Morgan fingerprint density at radius 2 is 1.69 bits per heavy atom. The van der Waals surface area contributed by atoms with Crippen molar-refractivity contribution in [2.24, 2.45) is 4.99 Å². The molecule has 0 bridgehead atoms. The molecule has 2 aliphatic rings. The molecule has 6 heteroatoms. The molecule has 0 saturated heterocycles. The van der Waals surface area contributed by atoms with Crippen molar-refractivity contribution in [1.82, 2.24) is 9.13 Å². The van der Waals surface area contributed by atoms with E-state index in [9.17, 15) is 9.18 Å². The van der Waals surface area contributed by atoms with Crippen LogP contribution in [0.5, 0.6) is 0 Å². The number of allylic oxidation sites excluding steroid dienone is 1. The van der Waals surface area contributed by atoms with Crippen molar-refractivity contribution in [3.8, 4) is 5.69 Å². The minimum absolute atomic E-state index is 0.0235. The monoisotopic (exact) mass is 531 g/mol. The SMILES string of the molecule is Cc1cc(/C=c2/sc3n(c2=O)[C@H](c2ccccc2)C2=C(N=3)c3ccccc3CC2)c(C)n1-c1ccc(F)cc1. The zero-order valence-corrected chi connectivity index (χ0v) is 22.5. The van der Waals surface area contributed by atoms with Crippen LogP contribution in [0, 0.1) is 19.7 Å². The number of fused-ring (bicyclic) bond motifs is 3. The van der Waals surface area contributed by atoms with Crippen LogP contribution in [-0.2, 0) is 6.42 Å². The van der Waals surface area contributed by atoms with Gasteiger partial charge in [-0.25, -0.2) is 9.38 Å². The summed E-state index contributed by atoms with van der Waals surface area (Å²) in [4.78, 5) is 19.9. The van der Waals surface area contributed by atoms with Gasteiger partial charge in [0.15, 0.2) is 4.80 Å². The molecule has 5 aromatic rings. The van der Waals surface area contributed by atoms with Crippen molar-refractivity contribution in [2.75, 3.05) is 0 Å². The first-order chi connectivity index (χ1) is 19.0. The number of hydrogen-bond acceptors (Lipinski definition) is 3. The van der Waals surface area contributed by atoms with Gasteiger partial charge in [0.25, 0.3) is 5.56 Å². The van der Waals surface area contributed by atoms with E-state index in [1.54, 1.807) is 12.1 Å². The minimum atomic E-state index is -0.263.